The summed E-state index contributed by atoms with van der Waals surface area (Å²) in [5.41, 5.74) is 0.114. The first-order valence-electron chi connectivity index (χ1n) is 8.61. The van der Waals surface area contributed by atoms with Gasteiger partial charge in [-0.25, -0.2) is 4.79 Å². The molecule has 1 saturated heterocycles. The summed E-state index contributed by atoms with van der Waals surface area (Å²) in [6, 6.07) is 4.02. The van der Waals surface area contributed by atoms with Gasteiger partial charge in [0.05, 0.1) is 11.3 Å². The number of nitrogens with zero attached hydrogens (tertiary/aromatic N) is 1. The van der Waals surface area contributed by atoms with Crippen LogP contribution in [0.5, 0.6) is 11.5 Å². The Hall–Kier alpha value is -3.14. The fourth-order valence-electron chi connectivity index (χ4n) is 3.15. The molecular formula is C19H17NO8S. The number of fused-ring (bicyclic) bond motifs is 1. The highest BCUT2D eigenvalue weighted by atomic mass is 32.2. The number of Topliss-reactive ketones (excluding diaryl/α,β-unsaturated/α-hetero) is 1. The molecule has 2 heterocycles. The van der Waals surface area contributed by atoms with Crippen molar-refractivity contribution >= 4 is 41.4 Å². The molecular weight excluding hydrogens is 402 g/mol. The third kappa shape index (κ3) is 4.16. The van der Waals surface area contributed by atoms with Crippen LogP contribution in [0, 0.1) is 5.92 Å². The minimum Gasteiger partial charge on any atom is -0.477 e. The van der Waals surface area contributed by atoms with Crippen molar-refractivity contribution in [3.8, 4) is 11.5 Å². The molecule has 2 aliphatic rings. The SMILES string of the molecule is CC(=O)Oc1ccc(C(=O)CC2C(=O)N3C(C(=O)O)=CCS[C@@H]23)cc1OC(C)=O. The molecule has 10 heteroatoms. The average molecular weight is 419 g/mol. The predicted molar refractivity (Wildman–Crippen MR) is 100 cm³/mol. The van der Waals surface area contributed by atoms with Gasteiger partial charge in [-0.1, -0.05) is 0 Å². The number of benzene rings is 1. The van der Waals surface area contributed by atoms with Gasteiger partial charge in [0.1, 0.15) is 5.70 Å². The molecule has 1 unspecified atom stereocenters. The molecule has 0 aliphatic carbocycles. The number of carbonyl (C=O) groups excluding carboxylic acids is 4. The molecule has 1 amide bonds. The fraction of sp³-hybridized carbons (Fsp3) is 0.316. The quantitative estimate of drug-likeness (QED) is 0.316. The Morgan fingerprint density at radius 3 is 2.41 bits per heavy atom. The van der Waals surface area contributed by atoms with Crippen LogP contribution in [0.1, 0.15) is 30.6 Å². The van der Waals surface area contributed by atoms with Gasteiger partial charge < -0.3 is 14.6 Å². The zero-order valence-corrected chi connectivity index (χ0v) is 16.4. The van der Waals surface area contributed by atoms with Crippen molar-refractivity contribution in [1.29, 1.82) is 0 Å². The Balaban J connectivity index is 1.77. The van der Waals surface area contributed by atoms with Crippen molar-refractivity contribution in [2.24, 2.45) is 5.92 Å². The van der Waals surface area contributed by atoms with Gasteiger partial charge in [0, 0.05) is 31.6 Å². The van der Waals surface area contributed by atoms with Gasteiger partial charge in [0.25, 0.3) is 0 Å². The van der Waals surface area contributed by atoms with E-state index in [1.54, 1.807) is 0 Å². The number of hydrogen-bond acceptors (Lipinski definition) is 8. The van der Waals surface area contributed by atoms with Crippen LogP contribution in [0.15, 0.2) is 30.0 Å². The molecule has 3 rings (SSSR count). The van der Waals surface area contributed by atoms with Crippen LogP contribution >= 0.6 is 11.8 Å². The molecule has 2 atom stereocenters. The molecule has 0 spiro atoms. The van der Waals surface area contributed by atoms with Crippen molar-refractivity contribution in [2.75, 3.05) is 5.75 Å². The Kier molecular flexibility index (Phi) is 5.73. The number of rotatable bonds is 6. The van der Waals surface area contributed by atoms with Gasteiger partial charge in [0.15, 0.2) is 17.3 Å². The first kappa shape index (κ1) is 20.6. The summed E-state index contributed by atoms with van der Waals surface area (Å²) in [4.78, 5) is 60.0. The largest absolute Gasteiger partial charge is 0.477 e. The Labute approximate surface area is 169 Å². The lowest BCUT2D eigenvalue weighted by molar-refractivity contribution is -0.152. The second kappa shape index (κ2) is 8.08. The van der Waals surface area contributed by atoms with Gasteiger partial charge in [-0.15, -0.1) is 11.8 Å². The van der Waals surface area contributed by atoms with E-state index in [1.807, 2.05) is 0 Å². The topological polar surface area (TPSA) is 127 Å². The summed E-state index contributed by atoms with van der Waals surface area (Å²) >= 11 is 1.39. The normalized spacial score (nSPS) is 20.1. The molecule has 152 valence electrons. The number of carboxylic acids is 1. The summed E-state index contributed by atoms with van der Waals surface area (Å²) in [6.45, 7) is 2.35. The Bertz CT molecular complexity index is 954. The summed E-state index contributed by atoms with van der Waals surface area (Å²) in [5, 5.41) is 8.79. The third-order valence-corrected chi connectivity index (χ3v) is 5.59. The van der Waals surface area contributed by atoms with E-state index in [1.165, 1.54) is 54.8 Å². The minimum absolute atomic E-state index is 0.00535. The van der Waals surface area contributed by atoms with Crippen molar-refractivity contribution in [3.05, 3.63) is 35.5 Å². The number of amides is 1. The van der Waals surface area contributed by atoms with E-state index in [0.717, 1.165) is 0 Å². The number of carbonyl (C=O) groups is 5. The number of carboxylic acid groups (broad SMARTS) is 1. The van der Waals surface area contributed by atoms with E-state index >= 15 is 0 Å². The van der Waals surface area contributed by atoms with E-state index in [4.69, 9.17) is 9.47 Å². The Morgan fingerprint density at radius 1 is 1.14 bits per heavy atom. The van der Waals surface area contributed by atoms with E-state index in [9.17, 15) is 29.1 Å². The van der Waals surface area contributed by atoms with Crippen LogP contribution in [0.3, 0.4) is 0 Å². The zero-order valence-electron chi connectivity index (χ0n) is 15.5. The second-order valence-electron chi connectivity index (χ2n) is 6.41. The number of aliphatic carboxylic acids is 1. The van der Waals surface area contributed by atoms with Gasteiger partial charge in [-0.3, -0.25) is 24.1 Å². The van der Waals surface area contributed by atoms with Crippen LogP contribution < -0.4 is 9.47 Å². The van der Waals surface area contributed by atoms with Crippen LogP contribution in [0.4, 0.5) is 0 Å². The van der Waals surface area contributed by atoms with Gasteiger partial charge in [0.2, 0.25) is 5.91 Å². The zero-order chi connectivity index (χ0) is 21.3. The van der Waals surface area contributed by atoms with Gasteiger partial charge in [-0.2, -0.15) is 0 Å². The maximum Gasteiger partial charge on any atom is 0.352 e. The third-order valence-electron chi connectivity index (χ3n) is 4.35. The lowest BCUT2D eigenvalue weighted by atomic mass is 9.89. The van der Waals surface area contributed by atoms with E-state index in [0.29, 0.717) is 5.75 Å². The standard InChI is InChI=1S/C19H17NO8S/c1-9(21)27-15-4-3-11(7-16(15)28-10(2)22)14(23)8-12-17(24)20-13(19(25)26)5-6-29-18(12)20/h3-5,7,12,18H,6,8H2,1-2H3,(H,25,26)/t12?,18-/m0/s1. The molecule has 9 nitrogen and oxygen atoms in total. The number of esters is 2. The predicted octanol–water partition coefficient (Wildman–Crippen LogP) is 1.61. The van der Waals surface area contributed by atoms with Crippen LogP contribution in [-0.2, 0) is 19.2 Å². The maximum absolute atomic E-state index is 12.7. The molecule has 0 saturated carbocycles. The number of thioether (sulfide) groups is 1. The van der Waals surface area contributed by atoms with Crippen molar-refractivity contribution in [3.63, 3.8) is 0 Å². The van der Waals surface area contributed by atoms with E-state index in [-0.39, 0.29) is 35.0 Å². The van der Waals surface area contributed by atoms with Gasteiger partial charge >= 0.3 is 17.9 Å². The first-order chi connectivity index (χ1) is 13.7. The monoisotopic (exact) mass is 419 g/mol. The summed E-state index contributed by atoms with van der Waals surface area (Å²) in [7, 11) is 0. The van der Waals surface area contributed by atoms with Crippen molar-refractivity contribution in [2.45, 2.75) is 25.6 Å². The molecule has 0 radical (unpaired) electrons. The highest BCUT2D eigenvalue weighted by Crippen LogP contribution is 2.43. The molecule has 29 heavy (non-hydrogen) atoms. The highest BCUT2D eigenvalue weighted by molar-refractivity contribution is 8.00. The number of hydrogen-bond donors (Lipinski definition) is 1. The molecule has 2 aliphatic heterocycles. The lowest BCUT2D eigenvalue weighted by Crippen LogP contribution is -2.61. The molecule has 1 fully saturated rings. The molecule has 0 bridgehead atoms. The van der Waals surface area contributed by atoms with Crippen molar-refractivity contribution in [1.82, 2.24) is 4.90 Å². The number of ketones is 1. The first-order valence-corrected chi connectivity index (χ1v) is 9.66. The fourth-order valence-corrected chi connectivity index (χ4v) is 4.41. The number of β-lactam (4-membered cyclic amide) rings is 1. The van der Waals surface area contributed by atoms with Gasteiger partial charge in [-0.05, 0) is 24.3 Å². The second-order valence-corrected chi connectivity index (χ2v) is 7.56. The molecule has 1 N–H and O–H groups in total. The molecule has 1 aromatic carbocycles. The summed E-state index contributed by atoms with van der Waals surface area (Å²) in [6.07, 6.45) is 1.35. The smallest absolute Gasteiger partial charge is 0.352 e. The van der Waals surface area contributed by atoms with Crippen LogP contribution in [0.25, 0.3) is 0 Å². The summed E-state index contributed by atoms with van der Waals surface area (Å²) in [5.74, 6) is -3.53. The molecule has 1 aromatic rings. The lowest BCUT2D eigenvalue weighted by Gasteiger charge is -2.48. The summed E-state index contributed by atoms with van der Waals surface area (Å²) < 4.78 is 9.97. The van der Waals surface area contributed by atoms with Crippen molar-refractivity contribution < 1.29 is 38.6 Å². The number of ether oxygens (including phenoxy) is 2. The minimum atomic E-state index is -1.18. The van der Waals surface area contributed by atoms with E-state index in [2.05, 4.69) is 0 Å². The average Bonchev–Trinajstić information content (AvgIpc) is 2.65. The van der Waals surface area contributed by atoms with Crippen LogP contribution in [0.2, 0.25) is 0 Å². The van der Waals surface area contributed by atoms with E-state index < -0.39 is 35.1 Å². The Morgan fingerprint density at radius 2 is 1.79 bits per heavy atom. The highest BCUT2D eigenvalue weighted by Gasteiger charge is 2.52. The van der Waals surface area contributed by atoms with Crippen LogP contribution in [-0.4, -0.2) is 50.7 Å². The molecule has 0 aromatic heterocycles. The maximum atomic E-state index is 12.7.